The second-order valence-electron chi connectivity index (χ2n) is 6.42. The number of carbonyl (C=O) groups is 2. The number of amidine groups is 1. The quantitative estimate of drug-likeness (QED) is 0.739. The third-order valence-corrected chi connectivity index (χ3v) is 4.61. The van der Waals surface area contributed by atoms with Gasteiger partial charge in [0, 0.05) is 14.1 Å². The van der Waals surface area contributed by atoms with Crippen LogP contribution < -0.4 is 0 Å². The number of amides is 3. The molecule has 3 amide bonds. The highest BCUT2D eigenvalue weighted by Crippen LogP contribution is 2.23. The van der Waals surface area contributed by atoms with Gasteiger partial charge in [-0.1, -0.05) is 35.3 Å². The Morgan fingerprint density at radius 3 is 2.60 bits per heavy atom. The molecule has 0 N–H and O–H groups in total. The number of aliphatic imine (C=N–C) groups is 1. The molecule has 0 spiro atoms. The number of urea groups is 1. The monoisotopic (exact) mass is 339 g/mol. The summed E-state index contributed by atoms with van der Waals surface area (Å²) in [5, 5.41) is 6.40. The lowest BCUT2D eigenvalue weighted by molar-refractivity contribution is -0.528. The molecule has 1 aromatic rings. The van der Waals surface area contributed by atoms with E-state index >= 15 is 0 Å². The number of hydrogen-bond donors (Lipinski definition) is 0. The lowest BCUT2D eigenvalue weighted by atomic mass is 10.1. The molecule has 8 heteroatoms. The molecular formula is C17H19N6O2+. The number of imide groups is 1. The van der Waals surface area contributed by atoms with Crippen molar-refractivity contribution in [3.63, 3.8) is 0 Å². The molecule has 1 fully saturated rings. The van der Waals surface area contributed by atoms with E-state index in [2.05, 4.69) is 10.1 Å². The van der Waals surface area contributed by atoms with Crippen molar-refractivity contribution in [3.05, 3.63) is 35.9 Å². The molecule has 0 bridgehead atoms. The van der Waals surface area contributed by atoms with E-state index in [1.165, 1.54) is 11.9 Å². The molecule has 1 saturated heterocycles. The highest BCUT2D eigenvalue weighted by Gasteiger charge is 2.53. The van der Waals surface area contributed by atoms with Crippen molar-refractivity contribution < 1.29 is 14.2 Å². The van der Waals surface area contributed by atoms with Crippen LogP contribution in [-0.2, 0) is 11.3 Å². The molecule has 25 heavy (non-hydrogen) atoms. The summed E-state index contributed by atoms with van der Waals surface area (Å²) in [5.74, 6) is 0.815. The normalized spacial score (nSPS) is 22.8. The van der Waals surface area contributed by atoms with Crippen molar-refractivity contribution in [2.45, 2.75) is 19.5 Å². The Morgan fingerprint density at radius 1 is 1.16 bits per heavy atom. The van der Waals surface area contributed by atoms with Gasteiger partial charge in [-0.2, -0.15) is 0 Å². The first kappa shape index (κ1) is 15.5. The zero-order valence-electron chi connectivity index (χ0n) is 14.4. The minimum Gasteiger partial charge on any atom is -0.270 e. The van der Waals surface area contributed by atoms with Gasteiger partial charge in [0.25, 0.3) is 5.91 Å². The summed E-state index contributed by atoms with van der Waals surface area (Å²) in [6, 6.07) is 9.02. The van der Waals surface area contributed by atoms with Crippen LogP contribution in [0.1, 0.15) is 12.5 Å². The summed E-state index contributed by atoms with van der Waals surface area (Å²) in [6.45, 7) is 2.99. The van der Waals surface area contributed by atoms with Crippen LogP contribution in [0.4, 0.5) is 4.79 Å². The molecule has 3 aliphatic rings. The lowest BCUT2D eigenvalue weighted by Crippen LogP contribution is -2.62. The van der Waals surface area contributed by atoms with E-state index in [0.717, 1.165) is 16.2 Å². The van der Waals surface area contributed by atoms with E-state index in [0.29, 0.717) is 24.9 Å². The van der Waals surface area contributed by atoms with Crippen molar-refractivity contribution >= 4 is 29.4 Å². The SMILES string of the molecule is CC1=NN(Cc2ccccc2)C2=[N+](C1)C1C(=O)N(C)C(=O)N(C)C1=N2. The Kier molecular flexibility index (Phi) is 3.41. The van der Waals surface area contributed by atoms with Crippen molar-refractivity contribution in [2.75, 3.05) is 20.6 Å². The Balaban J connectivity index is 1.74. The van der Waals surface area contributed by atoms with Crippen LogP contribution in [0.3, 0.4) is 0 Å². The number of guanidine groups is 1. The van der Waals surface area contributed by atoms with E-state index < -0.39 is 6.04 Å². The Bertz CT molecular complexity index is 857. The van der Waals surface area contributed by atoms with Gasteiger partial charge in [0.05, 0.1) is 5.71 Å². The highest BCUT2D eigenvalue weighted by molar-refractivity contribution is 6.23. The van der Waals surface area contributed by atoms with Crippen molar-refractivity contribution in [1.82, 2.24) is 14.8 Å². The number of nitrogens with zero attached hydrogens (tertiary/aromatic N) is 6. The Labute approximate surface area is 145 Å². The first-order valence-electron chi connectivity index (χ1n) is 8.10. The van der Waals surface area contributed by atoms with Crippen molar-refractivity contribution in [1.29, 1.82) is 0 Å². The largest absolute Gasteiger partial charge is 0.417 e. The lowest BCUT2D eigenvalue weighted by Gasteiger charge is -2.32. The van der Waals surface area contributed by atoms with Gasteiger partial charge < -0.3 is 0 Å². The molecule has 0 radical (unpaired) electrons. The molecular weight excluding hydrogens is 320 g/mol. The van der Waals surface area contributed by atoms with Crippen molar-refractivity contribution in [3.8, 4) is 0 Å². The zero-order chi connectivity index (χ0) is 17.7. The summed E-state index contributed by atoms with van der Waals surface area (Å²) in [4.78, 5) is 32.1. The molecule has 4 rings (SSSR count). The predicted octanol–water partition coefficient (Wildman–Crippen LogP) is 0.551. The molecule has 128 valence electrons. The van der Waals surface area contributed by atoms with Crippen molar-refractivity contribution in [2.24, 2.45) is 10.1 Å². The number of carbonyl (C=O) groups excluding carboxylic acids is 2. The molecule has 0 saturated carbocycles. The number of fused-ring (bicyclic) bond motifs is 2. The predicted molar refractivity (Wildman–Crippen MR) is 92.4 cm³/mol. The van der Waals surface area contributed by atoms with Gasteiger partial charge in [0.2, 0.25) is 11.9 Å². The zero-order valence-corrected chi connectivity index (χ0v) is 14.4. The molecule has 8 nitrogen and oxygen atoms in total. The summed E-state index contributed by atoms with van der Waals surface area (Å²) >= 11 is 0. The van der Waals surface area contributed by atoms with Crippen LogP contribution in [0.15, 0.2) is 40.4 Å². The van der Waals surface area contributed by atoms with Gasteiger partial charge in [-0.05, 0) is 12.5 Å². The van der Waals surface area contributed by atoms with Gasteiger partial charge in [-0.3, -0.25) is 14.6 Å². The minimum atomic E-state index is -0.577. The second-order valence-corrected chi connectivity index (χ2v) is 6.42. The van der Waals surface area contributed by atoms with Crippen LogP contribution in [0.25, 0.3) is 0 Å². The first-order chi connectivity index (χ1) is 12.0. The van der Waals surface area contributed by atoms with Gasteiger partial charge in [-0.15, -0.1) is 10.1 Å². The van der Waals surface area contributed by atoms with Gasteiger partial charge in [0.15, 0.2) is 0 Å². The maximum atomic E-state index is 12.7. The average molecular weight is 339 g/mol. The van der Waals surface area contributed by atoms with Crippen LogP contribution in [0.5, 0.6) is 0 Å². The third kappa shape index (κ3) is 2.33. The second kappa shape index (κ2) is 5.51. The highest BCUT2D eigenvalue weighted by atomic mass is 16.2. The van der Waals surface area contributed by atoms with Crippen LogP contribution >= 0.6 is 0 Å². The topological polar surface area (TPSA) is 71.6 Å². The number of likely N-dealkylation sites (N-methyl/N-ethyl adjacent to an activating group) is 2. The van der Waals surface area contributed by atoms with Gasteiger partial charge in [-0.25, -0.2) is 9.37 Å². The Hall–Kier alpha value is -3.03. The van der Waals surface area contributed by atoms with Gasteiger partial charge in [0.1, 0.15) is 13.1 Å². The minimum absolute atomic E-state index is 0.258. The molecule has 1 atom stereocenters. The maximum Gasteiger partial charge on any atom is 0.417 e. The average Bonchev–Trinajstić information content (AvgIpc) is 2.98. The standard InChI is InChI=1S/C17H19N6O2/c1-11-9-22-13-14(20(2)17(25)21(3)15(13)24)18-16(22)23(19-11)10-12-7-5-4-6-8-12/h4-8,13H,9-10H2,1-3H3/q+1. The summed E-state index contributed by atoms with van der Waals surface area (Å²) in [6.07, 6.45) is 0. The van der Waals surface area contributed by atoms with E-state index in [1.807, 2.05) is 41.8 Å². The fraction of sp³-hybridized carbons (Fsp3) is 0.353. The molecule has 0 aromatic heterocycles. The smallest absolute Gasteiger partial charge is 0.270 e. The fourth-order valence-electron chi connectivity index (χ4n) is 3.34. The molecule has 3 heterocycles. The number of hydrogen-bond acceptors (Lipinski definition) is 5. The van der Waals surface area contributed by atoms with Crippen LogP contribution in [0, 0.1) is 0 Å². The fourth-order valence-corrected chi connectivity index (χ4v) is 3.34. The third-order valence-electron chi connectivity index (χ3n) is 4.61. The van der Waals surface area contributed by atoms with E-state index in [9.17, 15) is 9.59 Å². The van der Waals surface area contributed by atoms with E-state index in [-0.39, 0.29) is 11.9 Å². The first-order valence-corrected chi connectivity index (χ1v) is 8.10. The number of benzene rings is 1. The summed E-state index contributed by atoms with van der Waals surface area (Å²) in [5.41, 5.74) is 1.99. The molecule has 3 aliphatic heterocycles. The van der Waals surface area contributed by atoms with Crippen LogP contribution in [0.2, 0.25) is 0 Å². The Morgan fingerprint density at radius 2 is 1.88 bits per heavy atom. The molecule has 1 aromatic carbocycles. The van der Waals surface area contributed by atoms with Crippen LogP contribution in [-0.4, -0.2) is 75.5 Å². The van der Waals surface area contributed by atoms with Gasteiger partial charge >= 0.3 is 12.0 Å². The number of rotatable bonds is 2. The van der Waals surface area contributed by atoms with E-state index in [4.69, 9.17) is 0 Å². The summed E-state index contributed by atoms with van der Waals surface area (Å²) in [7, 11) is 3.15. The summed E-state index contributed by atoms with van der Waals surface area (Å²) < 4.78 is 1.92. The number of hydrazone groups is 1. The molecule has 1 unspecified atom stereocenters. The maximum absolute atomic E-state index is 12.7. The molecule has 0 aliphatic carbocycles. The van der Waals surface area contributed by atoms with E-state index in [1.54, 1.807) is 12.1 Å².